The molecule has 0 radical (unpaired) electrons. The summed E-state index contributed by atoms with van der Waals surface area (Å²) in [5.74, 6) is 0.362. The summed E-state index contributed by atoms with van der Waals surface area (Å²) in [7, 11) is 0. The number of para-hydroxylation sites is 1. The van der Waals surface area contributed by atoms with E-state index in [1.165, 1.54) is 6.07 Å². The van der Waals surface area contributed by atoms with Crippen LogP contribution in [-0.2, 0) is 0 Å². The summed E-state index contributed by atoms with van der Waals surface area (Å²) in [6.45, 7) is 0. The van der Waals surface area contributed by atoms with Crippen LogP contribution in [0.3, 0.4) is 0 Å². The van der Waals surface area contributed by atoms with Gasteiger partial charge in [0, 0.05) is 10.9 Å². The molecule has 0 saturated heterocycles. The van der Waals surface area contributed by atoms with Crippen molar-refractivity contribution in [2.45, 2.75) is 0 Å². The van der Waals surface area contributed by atoms with Crippen LogP contribution in [0.15, 0.2) is 68.3 Å². The predicted octanol–water partition coefficient (Wildman–Crippen LogP) is 3.22. The molecule has 0 atom stereocenters. The van der Waals surface area contributed by atoms with Gasteiger partial charge in [-0.2, -0.15) is 4.98 Å². The lowest BCUT2D eigenvalue weighted by molar-refractivity contribution is 0.427. The zero-order valence-corrected chi connectivity index (χ0v) is 11.8. The summed E-state index contributed by atoms with van der Waals surface area (Å²) in [6, 6.07) is 15.7. The average molecular weight is 306 g/mol. The number of phenols is 1. The van der Waals surface area contributed by atoms with E-state index in [2.05, 4.69) is 10.1 Å². The fourth-order valence-electron chi connectivity index (χ4n) is 2.32. The molecular formula is C17H10N2O4. The minimum absolute atomic E-state index is 0.0721. The molecule has 1 N–H and O–H groups in total. The number of benzene rings is 2. The van der Waals surface area contributed by atoms with Gasteiger partial charge in [-0.15, -0.1) is 0 Å². The van der Waals surface area contributed by atoms with E-state index in [0.29, 0.717) is 11.2 Å². The van der Waals surface area contributed by atoms with Gasteiger partial charge in [0.15, 0.2) is 11.3 Å². The second kappa shape index (κ2) is 5.10. The highest BCUT2D eigenvalue weighted by Crippen LogP contribution is 2.27. The van der Waals surface area contributed by atoms with Gasteiger partial charge in [0.2, 0.25) is 5.82 Å². The van der Waals surface area contributed by atoms with Gasteiger partial charge in [0.25, 0.3) is 5.89 Å². The molecule has 6 heteroatoms. The predicted molar refractivity (Wildman–Crippen MR) is 82.9 cm³/mol. The molecule has 0 saturated carbocycles. The Kier molecular flexibility index (Phi) is 2.94. The second-order valence-electron chi connectivity index (χ2n) is 4.93. The number of fused-ring (bicyclic) bond motifs is 1. The molecule has 2 aromatic carbocycles. The van der Waals surface area contributed by atoms with Crippen molar-refractivity contribution in [1.82, 2.24) is 10.1 Å². The minimum Gasteiger partial charge on any atom is -0.504 e. The third-order valence-corrected chi connectivity index (χ3v) is 3.43. The molecule has 2 heterocycles. The lowest BCUT2D eigenvalue weighted by Gasteiger charge is -2.00. The van der Waals surface area contributed by atoms with Crippen molar-refractivity contribution < 1.29 is 14.0 Å². The first-order valence-corrected chi connectivity index (χ1v) is 6.88. The molecule has 0 aliphatic carbocycles. The molecule has 4 aromatic rings. The normalized spacial score (nSPS) is 11.0. The Bertz CT molecular complexity index is 1050. The highest BCUT2D eigenvalue weighted by molar-refractivity contribution is 5.84. The molecule has 112 valence electrons. The van der Waals surface area contributed by atoms with E-state index in [-0.39, 0.29) is 22.8 Å². The van der Waals surface area contributed by atoms with Crippen molar-refractivity contribution >= 4 is 11.0 Å². The zero-order chi connectivity index (χ0) is 15.8. The molecule has 6 nitrogen and oxygen atoms in total. The van der Waals surface area contributed by atoms with Crippen LogP contribution in [0.1, 0.15) is 0 Å². The molecule has 0 aliphatic heterocycles. The number of hydrogen-bond acceptors (Lipinski definition) is 6. The van der Waals surface area contributed by atoms with Gasteiger partial charge in [-0.05, 0) is 12.1 Å². The Hall–Kier alpha value is -3.41. The summed E-state index contributed by atoms with van der Waals surface area (Å²) in [4.78, 5) is 16.4. The first-order valence-electron chi connectivity index (χ1n) is 6.88. The molecule has 0 fully saturated rings. The largest absolute Gasteiger partial charge is 0.504 e. The Morgan fingerprint density at radius 2 is 1.83 bits per heavy atom. The van der Waals surface area contributed by atoms with Gasteiger partial charge < -0.3 is 14.0 Å². The smallest absolute Gasteiger partial charge is 0.349 e. The van der Waals surface area contributed by atoms with E-state index in [0.717, 1.165) is 5.56 Å². The highest BCUT2D eigenvalue weighted by atomic mass is 16.5. The maximum Gasteiger partial charge on any atom is 0.349 e. The highest BCUT2D eigenvalue weighted by Gasteiger charge is 2.16. The van der Waals surface area contributed by atoms with Crippen LogP contribution in [0.5, 0.6) is 5.75 Å². The molecule has 0 aliphatic rings. The standard InChI is InChI=1S/C17H10N2O4/c20-13-8-4-7-11-9-12(17(21)22-14(11)13)16-18-15(19-23-16)10-5-2-1-3-6-10/h1-9,20H. The van der Waals surface area contributed by atoms with Crippen molar-refractivity contribution in [1.29, 1.82) is 0 Å². The van der Waals surface area contributed by atoms with Gasteiger partial charge in [0.1, 0.15) is 5.56 Å². The van der Waals surface area contributed by atoms with Gasteiger partial charge >= 0.3 is 5.63 Å². The van der Waals surface area contributed by atoms with Crippen LogP contribution in [-0.4, -0.2) is 15.2 Å². The Morgan fingerprint density at radius 3 is 2.65 bits per heavy atom. The van der Waals surface area contributed by atoms with Crippen molar-refractivity contribution in [3.05, 3.63) is 65.0 Å². The summed E-state index contributed by atoms with van der Waals surface area (Å²) < 4.78 is 10.3. The summed E-state index contributed by atoms with van der Waals surface area (Å²) in [5, 5.41) is 14.2. The van der Waals surface area contributed by atoms with Crippen LogP contribution < -0.4 is 5.63 Å². The first kappa shape index (κ1) is 13.3. The summed E-state index contributed by atoms with van der Waals surface area (Å²) in [5.41, 5.74) is 0.411. The molecule has 0 unspecified atom stereocenters. The van der Waals surface area contributed by atoms with Crippen LogP contribution in [0, 0.1) is 0 Å². The number of aromatic nitrogens is 2. The van der Waals surface area contributed by atoms with Gasteiger partial charge in [-0.3, -0.25) is 0 Å². The van der Waals surface area contributed by atoms with E-state index < -0.39 is 5.63 Å². The minimum atomic E-state index is -0.651. The fraction of sp³-hybridized carbons (Fsp3) is 0. The molecule has 0 spiro atoms. The number of phenolic OH excluding ortho intramolecular Hbond substituents is 1. The number of aromatic hydroxyl groups is 1. The van der Waals surface area contributed by atoms with Crippen molar-refractivity contribution in [2.24, 2.45) is 0 Å². The van der Waals surface area contributed by atoms with E-state index in [1.54, 1.807) is 18.2 Å². The fourth-order valence-corrected chi connectivity index (χ4v) is 2.32. The van der Waals surface area contributed by atoms with Crippen LogP contribution in [0.25, 0.3) is 33.8 Å². The second-order valence-corrected chi connectivity index (χ2v) is 4.93. The molecule has 2 aromatic heterocycles. The third kappa shape index (κ3) is 2.26. The topological polar surface area (TPSA) is 89.4 Å². The molecule has 23 heavy (non-hydrogen) atoms. The molecule has 0 bridgehead atoms. The first-order chi connectivity index (χ1) is 11.2. The van der Waals surface area contributed by atoms with Gasteiger partial charge in [-0.1, -0.05) is 47.6 Å². The van der Waals surface area contributed by atoms with Crippen LogP contribution in [0.4, 0.5) is 0 Å². The third-order valence-electron chi connectivity index (χ3n) is 3.43. The van der Waals surface area contributed by atoms with E-state index >= 15 is 0 Å². The lowest BCUT2D eigenvalue weighted by Crippen LogP contribution is -2.02. The van der Waals surface area contributed by atoms with Crippen molar-refractivity contribution in [3.8, 4) is 28.6 Å². The van der Waals surface area contributed by atoms with E-state index in [4.69, 9.17) is 8.94 Å². The Balaban J connectivity index is 1.85. The molecule has 4 rings (SSSR count). The number of rotatable bonds is 2. The average Bonchev–Trinajstić information content (AvgIpc) is 3.06. The SMILES string of the molecule is O=c1oc2c(O)cccc2cc1-c1nc(-c2ccccc2)no1. The number of nitrogens with zero attached hydrogens (tertiary/aromatic N) is 2. The quantitative estimate of drug-likeness (QED) is 0.572. The maximum absolute atomic E-state index is 12.1. The van der Waals surface area contributed by atoms with Crippen molar-refractivity contribution in [2.75, 3.05) is 0 Å². The number of hydrogen-bond donors (Lipinski definition) is 1. The molecular weight excluding hydrogens is 296 g/mol. The van der Waals surface area contributed by atoms with E-state index in [1.807, 2.05) is 30.3 Å². The Labute approximate surface area is 129 Å². The summed E-state index contributed by atoms with van der Waals surface area (Å²) in [6.07, 6.45) is 0. The van der Waals surface area contributed by atoms with Gasteiger partial charge in [-0.25, -0.2) is 4.79 Å². The monoisotopic (exact) mass is 306 g/mol. The van der Waals surface area contributed by atoms with Crippen LogP contribution in [0.2, 0.25) is 0 Å². The van der Waals surface area contributed by atoms with Crippen molar-refractivity contribution in [3.63, 3.8) is 0 Å². The summed E-state index contributed by atoms with van der Waals surface area (Å²) >= 11 is 0. The zero-order valence-electron chi connectivity index (χ0n) is 11.8. The Morgan fingerprint density at radius 1 is 1.00 bits per heavy atom. The maximum atomic E-state index is 12.1. The van der Waals surface area contributed by atoms with Crippen LogP contribution >= 0.6 is 0 Å². The van der Waals surface area contributed by atoms with E-state index in [9.17, 15) is 9.90 Å². The van der Waals surface area contributed by atoms with Gasteiger partial charge in [0.05, 0.1) is 0 Å². The molecule has 0 amide bonds. The lowest BCUT2D eigenvalue weighted by atomic mass is 10.1.